The summed E-state index contributed by atoms with van der Waals surface area (Å²) < 4.78 is 13.7. The molecule has 0 amide bonds. The highest BCUT2D eigenvalue weighted by atomic mass is 19.1. The van der Waals surface area contributed by atoms with E-state index < -0.39 is 0 Å². The third kappa shape index (κ3) is 3.77. The van der Waals surface area contributed by atoms with Gasteiger partial charge in [0.15, 0.2) is 0 Å². The molecule has 0 radical (unpaired) electrons. The summed E-state index contributed by atoms with van der Waals surface area (Å²) in [6, 6.07) is 6.61. The van der Waals surface area contributed by atoms with Gasteiger partial charge in [0.25, 0.3) is 0 Å². The average Bonchev–Trinajstić information content (AvgIpc) is 2.36. The predicted molar refractivity (Wildman–Crippen MR) is 67.1 cm³/mol. The molecule has 1 rings (SSSR count). The molecule has 1 unspecified atom stereocenters. The topological polar surface area (TPSA) is 49.5 Å². The van der Waals surface area contributed by atoms with Crippen molar-refractivity contribution in [2.24, 2.45) is 5.73 Å². The van der Waals surface area contributed by atoms with Crippen LogP contribution in [0.2, 0.25) is 0 Å². The SMILES string of the molecule is CCN(CCCO)C(CN)c1ccccc1F. The Labute approximate surface area is 102 Å². The number of benzene rings is 1. The number of aliphatic hydroxyl groups excluding tert-OH is 1. The summed E-state index contributed by atoms with van der Waals surface area (Å²) >= 11 is 0. The van der Waals surface area contributed by atoms with Crippen molar-refractivity contribution in [1.29, 1.82) is 0 Å². The van der Waals surface area contributed by atoms with Crippen LogP contribution in [0, 0.1) is 5.82 Å². The zero-order chi connectivity index (χ0) is 12.7. The fourth-order valence-electron chi connectivity index (χ4n) is 2.03. The van der Waals surface area contributed by atoms with Crippen LogP contribution in [0.3, 0.4) is 0 Å². The summed E-state index contributed by atoms with van der Waals surface area (Å²) in [6.45, 7) is 4.05. The maximum atomic E-state index is 13.7. The van der Waals surface area contributed by atoms with Gasteiger partial charge in [-0.15, -0.1) is 0 Å². The van der Waals surface area contributed by atoms with Crippen LogP contribution in [0.15, 0.2) is 24.3 Å². The number of hydrogen-bond donors (Lipinski definition) is 2. The number of likely N-dealkylation sites (N-methyl/N-ethyl adjacent to an activating group) is 1. The summed E-state index contributed by atoms with van der Waals surface area (Å²) in [4.78, 5) is 2.09. The maximum absolute atomic E-state index is 13.7. The van der Waals surface area contributed by atoms with E-state index in [2.05, 4.69) is 4.90 Å². The molecule has 1 aromatic carbocycles. The Balaban J connectivity index is 2.85. The number of nitrogens with zero attached hydrogens (tertiary/aromatic N) is 1. The van der Waals surface area contributed by atoms with Gasteiger partial charge in [0.2, 0.25) is 0 Å². The molecule has 96 valence electrons. The van der Waals surface area contributed by atoms with E-state index in [9.17, 15) is 4.39 Å². The van der Waals surface area contributed by atoms with E-state index in [4.69, 9.17) is 10.8 Å². The molecule has 1 atom stereocenters. The molecule has 0 spiro atoms. The minimum Gasteiger partial charge on any atom is -0.396 e. The predicted octanol–water partition coefficient (Wildman–Crippen LogP) is 1.53. The van der Waals surface area contributed by atoms with Crippen LogP contribution in [0.25, 0.3) is 0 Å². The number of halogens is 1. The van der Waals surface area contributed by atoms with Gasteiger partial charge in [-0.05, 0) is 19.0 Å². The molecule has 3 N–H and O–H groups in total. The van der Waals surface area contributed by atoms with E-state index in [0.29, 0.717) is 18.5 Å². The Kier molecular flexibility index (Phi) is 6.11. The minimum absolute atomic E-state index is 0.118. The molecule has 0 aliphatic heterocycles. The van der Waals surface area contributed by atoms with Crippen LogP contribution >= 0.6 is 0 Å². The molecule has 3 nitrogen and oxygen atoms in total. The Bertz CT molecular complexity index is 333. The van der Waals surface area contributed by atoms with E-state index in [1.807, 2.05) is 13.0 Å². The van der Waals surface area contributed by atoms with E-state index in [1.54, 1.807) is 12.1 Å². The highest BCUT2D eigenvalue weighted by Gasteiger charge is 2.19. The standard InChI is InChI=1S/C13H21FN2O/c1-2-16(8-5-9-17)13(10-15)11-6-3-4-7-12(11)14/h3-4,6-7,13,17H,2,5,8-10,15H2,1H3. The van der Waals surface area contributed by atoms with Gasteiger partial charge in [-0.2, -0.15) is 0 Å². The first kappa shape index (κ1) is 14.1. The first-order valence-electron chi connectivity index (χ1n) is 6.04. The first-order valence-corrected chi connectivity index (χ1v) is 6.04. The van der Waals surface area contributed by atoms with Crippen LogP contribution in [0.1, 0.15) is 24.9 Å². The van der Waals surface area contributed by atoms with Crippen molar-refractivity contribution < 1.29 is 9.50 Å². The van der Waals surface area contributed by atoms with E-state index >= 15 is 0 Å². The summed E-state index contributed by atoms with van der Waals surface area (Å²) in [5.41, 5.74) is 6.39. The van der Waals surface area contributed by atoms with E-state index in [0.717, 1.165) is 13.1 Å². The van der Waals surface area contributed by atoms with Crippen LogP contribution in [-0.4, -0.2) is 36.2 Å². The van der Waals surface area contributed by atoms with Crippen molar-refractivity contribution in [2.45, 2.75) is 19.4 Å². The van der Waals surface area contributed by atoms with Crippen LogP contribution in [-0.2, 0) is 0 Å². The second-order valence-electron chi connectivity index (χ2n) is 3.98. The smallest absolute Gasteiger partial charge is 0.128 e. The van der Waals surface area contributed by atoms with Gasteiger partial charge in [-0.1, -0.05) is 25.1 Å². The fourth-order valence-corrected chi connectivity index (χ4v) is 2.03. The molecular weight excluding hydrogens is 219 g/mol. The van der Waals surface area contributed by atoms with Gasteiger partial charge in [0.1, 0.15) is 5.82 Å². The zero-order valence-corrected chi connectivity index (χ0v) is 10.3. The molecule has 0 aliphatic rings. The van der Waals surface area contributed by atoms with Crippen molar-refractivity contribution in [3.8, 4) is 0 Å². The van der Waals surface area contributed by atoms with Crippen molar-refractivity contribution in [1.82, 2.24) is 4.90 Å². The molecular formula is C13H21FN2O. The lowest BCUT2D eigenvalue weighted by molar-refractivity contribution is 0.182. The van der Waals surface area contributed by atoms with Crippen LogP contribution in [0.5, 0.6) is 0 Å². The van der Waals surface area contributed by atoms with Gasteiger partial charge < -0.3 is 10.8 Å². The highest BCUT2D eigenvalue weighted by Crippen LogP contribution is 2.22. The second-order valence-corrected chi connectivity index (χ2v) is 3.98. The lowest BCUT2D eigenvalue weighted by Crippen LogP contribution is -2.35. The quantitative estimate of drug-likeness (QED) is 0.760. The Morgan fingerprint density at radius 2 is 2.12 bits per heavy atom. The Morgan fingerprint density at radius 3 is 2.65 bits per heavy atom. The summed E-state index contributed by atoms with van der Waals surface area (Å²) in [7, 11) is 0. The lowest BCUT2D eigenvalue weighted by Gasteiger charge is -2.30. The molecule has 1 aromatic rings. The van der Waals surface area contributed by atoms with Crippen molar-refractivity contribution >= 4 is 0 Å². The van der Waals surface area contributed by atoms with Crippen LogP contribution in [0.4, 0.5) is 4.39 Å². The third-order valence-electron chi connectivity index (χ3n) is 2.94. The van der Waals surface area contributed by atoms with Gasteiger partial charge >= 0.3 is 0 Å². The summed E-state index contributed by atoms with van der Waals surface area (Å²) in [6.07, 6.45) is 0.679. The summed E-state index contributed by atoms with van der Waals surface area (Å²) in [5.74, 6) is -0.217. The fraction of sp³-hybridized carbons (Fsp3) is 0.538. The maximum Gasteiger partial charge on any atom is 0.128 e. The summed E-state index contributed by atoms with van der Waals surface area (Å²) in [5, 5.41) is 8.86. The molecule has 4 heteroatoms. The van der Waals surface area contributed by atoms with E-state index in [1.165, 1.54) is 6.07 Å². The Hall–Kier alpha value is -0.970. The molecule has 0 bridgehead atoms. The van der Waals surface area contributed by atoms with Crippen molar-refractivity contribution in [3.05, 3.63) is 35.6 Å². The van der Waals surface area contributed by atoms with Gasteiger partial charge in [0, 0.05) is 31.3 Å². The third-order valence-corrected chi connectivity index (χ3v) is 2.94. The first-order chi connectivity index (χ1) is 8.24. The molecule has 0 saturated carbocycles. The molecule has 0 aromatic heterocycles. The Morgan fingerprint density at radius 1 is 1.41 bits per heavy atom. The van der Waals surface area contributed by atoms with Crippen molar-refractivity contribution in [2.75, 3.05) is 26.2 Å². The second kappa shape index (κ2) is 7.37. The van der Waals surface area contributed by atoms with Crippen molar-refractivity contribution in [3.63, 3.8) is 0 Å². The van der Waals surface area contributed by atoms with Gasteiger partial charge in [-0.25, -0.2) is 4.39 Å². The number of nitrogens with two attached hydrogens (primary N) is 1. The molecule has 0 aliphatic carbocycles. The number of rotatable bonds is 7. The molecule has 0 fully saturated rings. The zero-order valence-electron chi connectivity index (χ0n) is 10.3. The van der Waals surface area contributed by atoms with Crippen LogP contribution < -0.4 is 5.73 Å². The largest absolute Gasteiger partial charge is 0.396 e. The van der Waals surface area contributed by atoms with Gasteiger partial charge in [-0.3, -0.25) is 4.90 Å². The molecule has 17 heavy (non-hydrogen) atoms. The molecule has 0 heterocycles. The normalized spacial score (nSPS) is 13.0. The number of aliphatic hydroxyl groups is 1. The lowest BCUT2D eigenvalue weighted by atomic mass is 10.0. The molecule has 0 saturated heterocycles. The number of hydrogen-bond acceptors (Lipinski definition) is 3. The average molecular weight is 240 g/mol. The minimum atomic E-state index is -0.217. The highest BCUT2D eigenvalue weighted by molar-refractivity contribution is 5.21. The monoisotopic (exact) mass is 240 g/mol. The van der Waals surface area contributed by atoms with E-state index in [-0.39, 0.29) is 18.5 Å². The van der Waals surface area contributed by atoms with Gasteiger partial charge in [0.05, 0.1) is 0 Å².